The molecule has 0 spiro atoms. The number of allylic oxidation sites excluding steroid dienone is 2. The molecule has 0 fully saturated rings. The van der Waals surface area contributed by atoms with Gasteiger partial charge in [0.2, 0.25) is 0 Å². The number of aromatic nitrogens is 2. The molecule has 0 aliphatic carbocycles. The molecular formula is C10H14IN2-. The van der Waals surface area contributed by atoms with Crippen molar-refractivity contribution < 1.29 is 21.2 Å². The van der Waals surface area contributed by atoms with Crippen molar-refractivity contribution in [1.29, 1.82) is 0 Å². The fourth-order valence-corrected chi connectivity index (χ4v) is 4.75. The summed E-state index contributed by atoms with van der Waals surface area (Å²) in [7, 11) is 0. The second-order valence-corrected chi connectivity index (χ2v) is 6.29. The standard InChI is InChI=1S/C10H14IN2/c1-4-8-10(7(2)3)11-9-5-12-6-13(8)9/h5-7H,4H2,1-3H3/q-1. The SMILES string of the molecule is CCC1=C(C(C)C)[I-]c2cncn21. The van der Waals surface area contributed by atoms with Crippen LogP contribution in [-0.4, -0.2) is 9.55 Å². The first-order chi connectivity index (χ1) is 6.24. The molecule has 72 valence electrons. The van der Waals surface area contributed by atoms with Crippen LogP contribution in [0.5, 0.6) is 0 Å². The van der Waals surface area contributed by atoms with Gasteiger partial charge in [-0.3, -0.25) is 0 Å². The molecular weight excluding hydrogens is 275 g/mol. The minimum absolute atomic E-state index is 0.0874. The van der Waals surface area contributed by atoms with Crippen molar-refractivity contribution in [3.8, 4) is 0 Å². The predicted octanol–water partition coefficient (Wildman–Crippen LogP) is -0.610. The molecule has 3 heteroatoms. The average Bonchev–Trinajstić information content (AvgIpc) is 2.60. The van der Waals surface area contributed by atoms with E-state index in [1.165, 1.54) is 9.40 Å². The average molecular weight is 289 g/mol. The Bertz CT molecular complexity index is 350. The van der Waals surface area contributed by atoms with Crippen LogP contribution in [0.3, 0.4) is 0 Å². The number of halogens is 1. The van der Waals surface area contributed by atoms with E-state index in [4.69, 9.17) is 0 Å². The first-order valence-corrected chi connectivity index (χ1v) is 6.80. The topological polar surface area (TPSA) is 17.8 Å². The van der Waals surface area contributed by atoms with Gasteiger partial charge in [0.15, 0.2) is 0 Å². The van der Waals surface area contributed by atoms with Gasteiger partial charge in [-0.2, -0.15) is 0 Å². The Labute approximate surface area is 89.3 Å². The summed E-state index contributed by atoms with van der Waals surface area (Å²) in [6.45, 7) is 6.83. The van der Waals surface area contributed by atoms with Crippen LogP contribution in [0.2, 0.25) is 0 Å². The van der Waals surface area contributed by atoms with E-state index in [2.05, 4.69) is 30.3 Å². The zero-order valence-electron chi connectivity index (χ0n) is 8.21. The summed E-state index contributed by atoms with van der Waals surface area (Å²) >= 11 is 0.0874. The molecule has 1 aliphatic rings. The summed E-state index contributed by atoms with van der Waals surface area (Å²) < 4.78 is 5.45. The molecule has 0 N–H and O–H groups in total. The van der Waals surface area contributed by atoms with Crippen LogP contribution in [0.1, 0.15) is 27.2 Å². The van der Waals surface area contributed by atoms with E-state index >= 15 is 0 Å². The Morgan fingerprint density at radius 2 is 2.31 bits per heavy atom. The first kappa shape index (κ1) is 9.24. The molecule has 0 unspecified atom stereocenters. The maximum absolute atomic E-state index is 4.19. The molecule has 0 saturated carbocycles. The van der Waals surface area contributed by atoms with E-state index in [1.54, 1.807) is 3.58 Å². The van der Waals surface area contributed by atoms with Crippen LogP contribution in [0.25, 0.3) is 5.70 Å². The normalized spacial score (nSPS) is 16.3. The Morgan fingerprint density at radius 3 is 2.92 bits per heavy atom. The number of nitrogens with zero attached hydrogens (tertiary/aromatic N) is 2. The van der Waals surface area contributed by atoms with E-state index in [9.17, 15) is 0 Å². The molecule has 1 aromatic heterocycles. The summed E-state index contributed by atoms with van der Waals surface area (Å²) in [4.78, 5) is 4.19. The van der Waals surface area contributed by atoms with E-state index in [0.717, 1.165) is 6.42 Å². The van der Waals surface area contributed by atoms with Crippen LogP contribution in [0, 0.1) is 9.62 Å². The number of hydrogen-bond acceptors (Lipinski definition) is 1. The zero-order chi connectivity index (χ0) is 9.42. The summed E-state index contributed by atoms with van der Waals surface area (Å²) in [5.74, 6) is 0.711. The van der Waals surface area contributed by atoms with Gasteiger partial charge in [-0.05, 0) is 0 Å². The Kier molecular flexibility index (Phi) is 2.45. The second kappa shape index (κ2) is 3.44. The fourth-order valence-electron chi connectivity index (χ4n) is 1.60. The quantitative estimate of drug-likeness (QED) is 0.664. The number of hydrogen-bond donors (Lipinski definition) is 0. The molecule has 0 aromatic carbocycles. The van der Waals surface area contributed by atoms with E-state index in [-0.39, 0.29) is 21.2 Å². The van der Waals surface area contributed by atoms with E-state index in [0.29, 0.717) is 5.92 Å². The van der Waals surface area contributed by atoms with Crippen molar-refractivity contribution in [2.75, 3.05) is 0 Å². The monoisotopic (exact) mass is 289 g/mol. The van der Waals surface area contributed by atoms with Crippen molar-refractivity contribution in [3.63, 3.8) is 0 Å². The van der Waals surface area contributed by atoms with Gasteiger partial charge >= 0.3 is 89.4 Å². The fraction of sp³-hybridized carbons (Fsp3) is 0.500. The zero-order valence-corrected chi connectivity index (χ0v) is 10.4. The van der Waals surface area contributed by atoms with Crippen LogP contribution < -0.4 is 21.2 Å². The molecule has 2 rings (SSSR count). The number of rotatable bonds is 2. The molecule has 0 radical (unpaired) electrons. The van der Waals surface area contributed by atoms with Gasteiger partial charge in [-0.1, -0.05) is 0 Å². The Balaban J connectivity index is 2.45. The van der Waals surface area contributed by atoms with Crippen LogP contribution in [-0.2, 0) is 0 Å². The third kappa shape index (κ3) is 1.43. The van der Waals surface area contributed by atoms with Crippen molar-refractivity contribution >= 4 is 5.70 Å². The van der Waals surface area contributed by atoms with E-state index < -0.39 is 0 Å². The molecule has 1 aliphatic heterocycles. The van der Waals surface area contributed by atoms with Gasteiger partial charge in [0.1, 0.15) is 0 Å². The van der Waals surface area contributed by atoms with Crippen molar-refractivity contribution in [2.24, 2.45) is 5.92 Å². The van der Waals surface area contributed by atoms with Crippen LogP contribution in [0.15, 0.2) is 16.1 Å². The Morgan fingerprint density at radius 1 is 1.54 bits per heavy atom. The molecule has 0 atom stereocenters. The molecule has 0 bridgehead atoms. The number of fused-ring (bicyclic) bond motifs is 1. The third-order valence-electron chi connectivity index (χ3n) is 2.20. The van der Waals surface area contributed by atoms with Gasteiger partial charge in [-0.25, -0.2) is 0 Å². The summed E-state index contributed by atoms with van der Waals surface area (Å²) in [6.07, 6.45) is 5.12. The Hall–Kier alpha value is -0.320. The van der Waals surface area contributed by atoms with Gasteiger partial charge in [0.05, 0.1) is 0 Å². The molecule has 0 saturated heterocycles. The van der Waals surface area contributed by atoms with Crippen molar-refractivity contribution in [3.05, 3.63) is 19.8 Å². The van der Waals surface area contributed by atoms with Crippen LogP contribution in [0.4, 0.5) is 0 Å². The van der Waals surface area contributed by atoms with Crippen molar-refractivity contribution in [2.45, 2.75) is 27.2 Å². The summed E-state index contributed by atoms with van der Waals surface area (Å²) in [5, 5.41) is 0. The minimum atomic E-state index is 0.0874. The maximum atomic E-state index is 4.19. The second-order valence-electron chi connectivity index (χ2n) is 3.48. The van der Waals surface area contributed by atoms with Crippen molar-refractivity contribution in [1.82, 2.24) is 9.55 Å². The number of imidazole rings is 1. The molecule has 0 amide bonds. The first-order valence-electron chi connectivity index (χ1n) is 4.64. The molecule has 13 heavy (non-hydrogen) atoms. The van der Waals surface area contributed by atoms with Gasteiger partial charge < -0.3 is 0 Å². The van der Waals surface area contributed by atoms with E-state index in [1.807, 2.05) is 12.5 Å². The van der Waals surface area contributed by atoms with Gasteiger partial charge in [0, 0.05) is 0 Å². The third-order valence-corrected chi connectivity index (χ3v) is 6.00. The van der Waals surface area contributed by atoms with Gasteiger partial charge in [0.25, 0.3) is 0 Å². The van der Waals surface area contributed by atoms with Crippen LogP contribution >= 0.6 is 0 Å². The molecule has 2 nitrogen and oxygen atoms in total. The summed E-state index contributed by atoms with van der Waals surface area (Å²) in [6, 6.07) is 0. The molecule has 1 aromatic rings. The van der Waals surface area contributed by atoms with Gasteiger partial charge in [-0.15, -0.1) is 0 Å². The summed E-state index contributed by atoms with van der Waals surface area (Å²) in [5.41, 5.74) is 1.51. The predicted molar refractivity (Wildman–Crippen MR) is 49.3 cm³/mol. The molecule has 2 heterocycles.